The molecule has 11 rings (SSSR count). The van der Waals surface area contributed by atoms with Gasteiger partial charge in [0.2, 0.25) is 0 Å². The highest BCUT2D eigenvalue weighted by Crippen LogP contribution is 2.52. The predicted molar refractivity (Wildman–Crippen MR) is 237 cm³/mol. The molecule has 2 heteroatoms. The number of nitrogens with zero attached hydrogens (tertiary/aromatic N) is 1. The van der Waals surface area contributed by atoms with Gasteiger partial charge in [0.15, 0.2) is 0 Å². The minimum Gasteiger partial charge on any atom is -0.310 e. The zero-order valence-electron chi connectivity index (χ0n) is 30.8. The van der Waals surface area contributed by atoms with Crippen LogP contribution < -0.4 is 4.90 Å². The van der Waals surface area contributed by atoms with Gasteiger partial charge in [-0.3, -0.25) is 0 Å². The molecular weight excluding hydrogens is 683 g/mol. The Balaban J connectivity index is 1.09. The molecule has 1 aromatic heterocycles. The first-order valence-corrected chi connectivity index (χ1v) is 19.9. The van der Waals surface area contributed by atoms with E-state index >= 15 is 0 Å². The van der Waals surface area contributed by atoms with Gasteiger partial charge >= 0.3 is 0 Å². The third-order valence-corrected chi connectivity index (χ3v) is 13.1. The van der Waals surface area contributed by atoms with Gasteiger partial charge in [-0.05, 0) is 103 Å². The molecule has 260 valence electrons. The Labute approximate surface area is 325 Å². The average Bonchev–Trinajstić information content (AvgIpc) is 3.73. The van der Waals surface area contributed by atoms with Crippen LogP contribution in [0.3, 0.4) is 0 Å². The maximum Gasteiger partial charge on any atom is 0.0546 e. The van der Waals surface area contributed by atoms with Gasteiger partial charge in [0, 0.05) is 42.3 Å². The lowest BCUT2D eigenvalue weighted by atomic mass is 9.81. The number of benzene rings is 9. The van der Waals surface area contributed by atoms with E-state index in [2.05, 4.69) is 207 Å². The summed E-state index contributed by atoms with van der Waals surface area (Å²) in [7, 11) is 0. The molecule has 0 atom stereocenters. The molecule has 0 radical (unpaired) electrons. The molecule has 0 saturated heterocycles. The standard InChI is InChI=1S/C53H37NS/c1-53(2)48-31-36(34-13-4-3-5-14-34)25-29-43(48)44-30-28-39(33-49(44)53)54(50-32-37-15-6-7-16-40(37)42-17-8-9-18-45(42)50)38-26-23-35(24-27-38)41-20-12-21-47-46-19-10-11-22-51(46)55-52(41)47/h3-33H,1-2H3. The molecule has 1 nitrogen and oxygen atoms in total. The fraction of sp³-hybridized carbons (Fsp3) is 0.0566. The van der Waals surface area contributed by atoms with Crippen LogP contribution in [0.15, 0.2) is 188 Å². The van der Waals surface area contributed by atoms with Crippen molar-refractivity contribution < 1.29 is 0 Å². The molecule has 55 heavy (non-hydrogen) atoms. The van der Waals surface area contributed by atoms with Crippen molar-refractivity contribution in [3.05, 3.63) is 199 Å². The molecule has 0 saturated carbocycles. The van der Waals surface area contributed by atoms with Gasteiger partial charge in [0.1, 0.15) is 0 Å². The van der Waals surface area contributed by atoms with Crippen LogP contribution in [0.4, 0.5) is 17.1 Å². The Bertz CT molecular complexity index is 3110. The van der Waals surface area contributed by atoms with Crippen molar-refractivity contribution in [2.75, 3.05) is 4.90 Å². The van der Waals surface area contributed by atoms with Crippen LogP contribution in [0, 0.1) is 0 Å². The molecule has 0 unspecified atom stereocenters. The van der Waals surface area contributed by atoms with Gasteiger partial charge in [-0.2, -0.15) is 0 Å². The van der Waals surface area contributed by atoms with Crippen molar-refractivity contribution in [1.29, 1.82) is 0 Å². The van der Waals surface area contributed by atoms with Gasteiger partial charge in [0.25, 0.3) is 0 Å². The summed E-state index contributed by atoms with van der Waals surface area (Å²) in [5.41, 5.74) is 13.7. The van der Waals surface area contributed by atoms with E-state index in [0.29, 0.717) is 0 Å². The fourth-order valence-corrected chi connectivity index (χ4v) is 10.3. The number of rotatable bonds is 5. The summed E-state index contributed by atoms with van der Waals surface area (Å²) in [4.78, 5) is 2.48. The molecule has 0 fully saturated rings. The second-order valence-corrected chi connectivity index (χ2v) is 16.4. The van der Waals surface area contributed by atoms with Gasteiger partial charge in [-0.25, -0.2) is 0 Å². The quantitative estimate of drug-likeness (QED) is 0.160. The number of anilines is 3. The van der Waals surface area contributed by atoms with E-state index in [-0.39, 0.29) is 5.41 Å². The Morgan fingerprint density at radius 2 is 1.02 bits per heavy atom. The normalized spacial score (nSPS) is 13.1. The minimum atomic E-state index is -0.171. The molecule has 0 spiro atoms. The van der Waals surface area contributed by atoms with Crippen LogP contribution in [0.1, 0.15) is 25.0 Å². The summed E-state index contributed by atoms with van der Waals surface area (Å²) in [6.07, 6.45) is 0. The second-order valence-electron chi connectivity index (χ2n) is 15.3. The first-order valence-electron chi connectivity index (χ1n) is 19.1. The highest BCUT2D eigenvalue weighted by Gasteiger charge is 2.36. The Morgan fingerprint density at radius 1 is 0.400 bits per heavy atom. The minimum absolute atomic E-state index is 0.171. The van der Waals surface area contributed by atoms with Crippen molar-refractivity contribution in [2.45, 2.75) is 19.3 Å². The maximum absolute atomic E-state index is 2.48. The summed E-state index contributed by atoms with van der Waals surface area (Å²) in [6.45, 7) is 4.77. The van der Waals surface area contributed by atoms with Crippen LogP contribution >= 0.6 is 11.3 Å². The topological polar surface area (TPSA) is 3.24 Å². The van der Waals surface area contributed by atoms with Gasteiger partial charge in [-0.1, -0.05) is 159 Å². The smallest absolute Gasteiger partial charge is 0.0546 e. The summed E-state index contributed by atoms with van der Waals surface area (Å²) in [6, 6.07) is 69.6. The number of hydrogen-bond acceptors (Lipinski definition) is 2. The summed E-state index contributed by atoms with van der Waals surface area (Å²) < 4.78 is 2.67. The molecule has 0 amide bonds. The number of fused-ring (bicyclic) bond motifs is 9. The molecule has 0 aliphatic heterocycles. The lowest BCUT2D eigenvalue weighted by Gasteiger charge is -2.29. The molecule has 10 aromatic rings. The maximum atomic E-state index is 2.48. The van der Waals surface area contributed by atoms with E-state index in [1.165, 1.54) is 91.9 Å². The highest BCUT2D eigenvalue weighted by atomic mass is 32.1. The molecule has 1 aliphatic carbocycles. The molecule has 1 heterocycles. The molecule has 9 aromatic carbocycles. The Morgan fingerprint density at radius 3 is 1.84 bits per heavy atom. The number of thiophene rings is 1. The van der Waals surface area contributed by atoms with Crippen LogP contribution in [-0.2, 0) is 5.41 Å². The van der Waals surface area contributed by atoms with E-state index in [4.69, 9.17) is 0 Å². The highest BCUT2D eigenvalue weighted by molar-refractivity contribution is 7.26. The zero-order valence-corrected chi connectivity index (χ0v) is 31.6. The monoisotopic (exact) mass is 719 g/mol. The van der Waals surface area contributed by atoms with Crippen LogP contribution in [-0.4, -0.2) is 0 Å². The Kier molecular flexibility index (Phi) is 7.14. The van der Waals surface area contributed by atoms with Gasteiger partial charge in [0.05, 0.1) is 5.69 Å². The van der Waals surface area contributed by atoms with E-state index in [9.17, 15) is 0 Å². The first-order chi connectivity index (χ1) is 27.0. The second kappa shape index (κ2) is 12.3. The number of hydrogen-bond donors (Lipinski definition) is 0. The molecular formula is C53H37NS. The van der Waals surface area contributed by atoms with E-state index < -0.39 is 0 Å². The van der Waals surface area contributed by atoms with Crippen LogP contribution in [0.5, 0.6) is 0 Å². The fourth-order valence-electron chi connectivity index (χ4n) is 9.09. The van der Waals surface area contributed by atoms with Crippen LogP contribution in [0.2, 0.25) is 0 Å². The molecule has 0 bridgehead atoms. The SMILES string of the molecule is CC1(C)c2cc(-c3ccccc3)ccc2-c2ccc(N(c3ccc(-c4cccc5c4sc4ccccc45)cc3)c3cc4ccccc4c4ccccc34)cc21. The van der Waals surface area contributed by atoms with E-state index in [1.807, 2.05) is 11.3 Å². The predicted octanol–water partition coefficient (Wildman–Crippen LogP) is 15.5. The van der Waals surface area contributed by atoms with Gasteiger partial charge < -0.3 is 4.90 Å². The summed E-state index contributed by atoms with van der Waals surface area (Å²) >= 11 is 1.88. The third-order valence-electron chi connectivity index (χ3n) is 11.9. The van der Waals surface area contributed by atoms with E-state index in [1.54, 1.807) is 0 Å². The summed E-state index contributed by atoms with van der Waals surface area (Å²) in [5, 5.41) is 7.65. The Hall–Kier alpha value is -6.48. The summed E-state index contributed by atoms with van der Waals surface area (Å²) in [5.74, 6) is 0. The first kappa shape index (κ1) is 32.0. The van der Waals surface area contributed by atoms with E-state index in [0.717, 1.165) is 11.4 Å². The van der Waals surface area contributed by atoms with Crippen molar-refractivity contribution >= 4 is 70.1 Å². The lowest BCUT2D eigenvalue weighted by Crippen LogP contribution is -2.17. The molecule has 1 aliphatic rings. The lowest BCUT2D eigenvalue weighted by molar-refractivity contribution is 0.660. The average molecular weight is 720 g/mol. The molecule has 0 N–H and O–H groups in total. The van der Waals surface area contributed by atoms with Crippen molar-refractivity contribution in [2.24, 2.45) is 0 Å². The third kappa shape index (κ3) is 4.99. The van der Waals surface area contributed by atoms with Crippen LogP contribution in [0.25, 0.3) is 75.1 Å². The van der Waals surface area contributed by atoms with Crippen molar-refractivity contribution in [1.82, 2.24) is 0 Å². The zero-order chi connectivity index (χ0) is 36.7. The van der Waals surface area contributed by atoms with Crippen molar-refractivity contribution in [3.8, 4) is 33.4 Å². The largest absolute Gasteiger partial charge is 0.310 e. The van der Waals surface area contributed by atoms with Gasteiger partial charge in [-0.15, -0.1) is 11.3 Å². The van der Waals surface area contributed by atoms with Crippen molar-refractivity contribution in [3.63, 3.8) is 0 Å².